The van der Waals surface area contributed by atoms with E-state index in [1.165, 1.54) is 11.3 Å². The Labute approximate surface area is 97.5 Å². The van der Waals surface area contributed by atoms with Gasteiger partial charge in [-0.1, -0.05) is 22.9 Å². The highest BCUT2D eigenvalue weighted by Crippen LogP contribution is 2.28. The largest absolute Gasteiger partial charge is 0.396 e. The van der Waals surface area contributed by atoms with Crippen LogP contribution in [0.2, 0.25) is 5.15 Å². The molecule has 0 saturated heterocycles. The Bertz CT molecular complexity index is 383. The van der Waals surface area contributed by atoms with E-state index in [2.05, 4.69) is 10.3 Å². The number of halogens is 1. The molecule has 1 aromatic heterocycles. The van der Waals surface area contributed by atoms with Crippen molar-refractivity contribution in [3.05, 3.63) is 10.0 Å². The lowest BCUT2D eigenvalue weighted by atomic mass is 10.0. The molecule has 1 heterocycles. The van der Waals surface area contributed by atoms with Crippen molar-refractivity contribution in [2.24, 2.45) is 0 Å². The van der Waals surface area contributed by atoms with E-state index in [9.17, 15) is 0 Å². The number of hydrogen-bond acceptors (Lipinski definition) is 5. The SMILES string of the molecule is CC(C)(CCO)Nc1nc(Cl)c(C#N)s1. The molecule has 82 valence electrons. The third kappa shape index (κ3) is 3.34. The molecule has 0 unspecified atom stereocenters. The first-order chi connectivity index (χ1) is 6.98. The number of nitriles is 1. The average molecular weight is 246 g/mol. The summed E-state index contributed by atoms with van der Waals surface area (Å²) >= 11 is 6.95. The number of hydrogen-bond donors (Lipinski definition) is 2. The molecule has 0 spiro atoms. The highest BCUT2D eigenvalue weighted by molar-refractivity contribution is 7.16. The van der Waals surface area contributed by atoms with E-state index in [0.29, 0.717) is 16.4 Å². The highest BCUT2D eigenvalue weighted by Gasteiger charge is 2.19. The van der Waals surface area contributed by atoms with Crippen LogP contribution in [0.1, 0.15) is 25.1 Å². The Morgan fingerprint density at radius 3 is 2.80 bits per heavy atom. The van der Waals surface area contributed by atoms with Crippen LogP contribution < -0.4 is 5.32 Å². The van der Waals surface area contributed by atoms with Crippen LogP contribution in [-0.4, -0.2) is 22.2 Å². The minimum Gasteiger partial charge on any atom is -0.396 e. The van der Waals surface area contributed by atoms with Gasteiger partial charge in [-0.15, -0.1) is 0 Å². The fourth-order valence-corrected chi connectivity index (χ4v) is 2.18. The van der Waals surface area contributed by atoms with Crippen LogP contribution in [0.5, 0.6) is 0 Å². The molecular weight excluding hydrogens is 234 g/mol. The van der Waals surface area contributed by atoms with E-state index in [0.717, 1.165) is 0 Å². The highest BCUT2D eigenvalue weighted by atomic mass is 35.5. The maximum absolute atomic E-state index is 8.85. The van der Waals surface area contributed by atoms with Crippen LogP contribution in [0.4, 0.5) is 5.13 Å². The normalized spacial score (nSPS) is 11.1. The molecule has 0 aliphatic heterocycles. The Morgan fingerprint density at radius 1 is 1.67 bits per heavy atom. The molecule has 0 aliphatic carbocycles. The third-order valence-electron chi connectivity index (χ3n) is 1.87. The number of nitrogens with zero attached hydrogens (tertiary/aromatic N) is 2. The monoisotopic (exact) mass is 245 g/mol. The molecule has 1 rings (SSSR count). The van der Waals surface area contributed by atoms with Crippen molar-refractivity contribution in [2.75, 3.05) is 11.9 Å². The second-order valence-electron chi connectivity index (χ2n) is 3.73. The molecule has 0 radical (unpaired) electrons. The first-order valence-corrected chi connectivity index (χ1v) is 5.63. The fraction of sp³-hybridized carbons (Fsp3) is 0.556. The molecule has 0 fully saturated rings. The maximum atomic E-state index is 8.85. The molecule has 6 heteroatoms. The minimum absolute atomic E-state index is 0.101. The topological polar surface area (TPSA) is 68.9 Å². The number of rotatable bonds is 4. The van der Waals surface area contributed by atoms with Gasteiger partial charge in [-0.25, -0.2) is 4.98 Å². The lowest BCUT2D eigenvalue weighted by Crippen LogP contribution is -2.31. The molecule has 0 saturated carbocycles. The van der Waals surface area contributed by atoms with Gasteiger partial charge in [0.25, 0.3) is 0 Å². The van der Waals surface area contributed by atoms with Gasteiger partial charge in [0.1, 0.15) is 10.9 Å². The summed E-state index contributed by atoms with van der Waals surface area (Å²) in [7, 11) is 0. The number of aromatic nitrogens is 1. The van der Waals surface area contributed by atoms with Gasteiger partial charge < -0.3 is 10.4 Å². The summed E-state index contributed by atoms with van der Waals surface area (Å²) < 4.78 is 0. The van der Waals surface area contributed by atoms with Crippen molar-refractivity contribution in [2.45, 2.75) is 25.8 Å². The summed E-state index contributed by atoms with van der Waals surface area (Å²) in [6.07, 6.45) is 0.603. The van der Waals surface area contributed by atoms with Gasteiger partial charge in [0.2, 0.25) is 0 Å². The van der Waals surface area contributed by atoms with Gasteiger partial charge in [-0.05, 0) is 20.3 Å². The molecule has 0 amide bonds. The summed E-state index contributed by atoms with van der Waals surface area (Å²) in [5.41, 5.74) is -0.261. The molecule has 15 heavy (non-hydrogen) atoms. The van der Waals surface area contributed by atoms with Crippen LogP contribution in [0.25, 0.3) is 0 Å². The zero-order chi connectivity index (χ0) is 11.5. The number of anilines is 1. The van der Waals surface area contributed by atoms with Crippen molar-refractivity contribution >= 4 is 28.1 Å². The van der Waals surface area contributed by atoms with Crippen molar-refractivity contribution in [1.29, 1.82) is 5.26 Å². The molecule has 4 nitrogen and oxygen atoms in total. The van der Waals surface area contributed by atoms with Crippen molar-refractivity contribution in [3.8, 4) is 6.07 Å². The van der Waals surface area contributed by atoms with Crippen molar-refractivity contribution < 1.29 is 5.11 Å². The van der Waals surface area contributed by atoms with Gasteiger partial charge in [0.15, 0.2) is 10.3 Å². The molecule has 0 atom stereocenters. The zero-order valence-electron chi connectivity index (χ0n) is 8.54. The average Bonchev–Trinajstić information content (AvgIpc) is 2.44. The van der Waals surface area contributed by atoms with Crippen molar-refractivity contribution in [3.63, 3.8) is 0 Å². The smallest absolute Gasteiger partial charge is 0.185 e. The van der Waals surface area contributed by atoms with E-state index in [1.54, 1.807) is 0 Å². The van der Waals surface area contributed by atoms with E-state index < -0.39 is 0 Å². The Hall–Kier alpha value is -0.830. The number of thiazole rings is 1. The maximum Gasteiger partial charge on any atom is 0.185 e. The number of nitrogens with one attached hydrogen (secondary N) is 1. The van der Waals surface area contributed by atoms with E-state index in [1.807, 2.05) is 19.9 Å². The molecule has 2 N–H and O–H groups in total. The summed E-state index contributed by atoms with van der Waals surface area (Å²) in [6.45, 7) is 4.00. The Balaban J connectivity index is 2.77. The van der Waals surface area contributed by atoms with Gasteiger partial charge in [0.05, 0.1) is 0 Å². The minimum atomic E-state index is -0.261. The standard InChI is InChI=1S/C9H12ClN3OS/c1-9(2,3-4-14)13-8-12-7(10)6(5-11)15-8/h14H,3-4H2,1-2H3,(H,12,13). The van der Waals surface area contributed by atoms with Crippen LogP contribution >= 0.6 is 22.9 Å². The Kier molecular flexibility index (Phi) is 3.91. The lowest BCUT2D eigenvalue weighted by molar-refractivity contribution is 0.261. The molecule has 0 aliphatic rings. The van der Waals surface area contributed by atoms with Gasteiger partial charge in [0, 0.05) is 12.1 Å². The summed E-state index contributed by atoms with van der Waals surface area (Å²) in [4.78, 5) is 4.42. The quantitative estimate of drug-likeness (QED) is 0.854. The van der Waals surface area contributed by atoms with Crippen LogP contribution in [0.15, 0.2) is 0 Å². The number of aliphatic hydroxyl groups is 1. The summed E-state index contributed by atoms with van der Waals surface area (Å²) in [5, 5.41) is 21.5. The molecule has 0 bridgehead atoms. The van der Waals surface area contributed by atoms with Gasteiger partial charge >= 0.3 is 0 Å². The molecular formula is C9H12ClN3OS. The first-order valence-electron chi connectivity index (χ1n) is 4.44. The van der Waals surface area contributed by atoms with Crippen LogP contribution in [0.3, 0.4) is 0 Å². The van der Waals surface area contributed by atoms with Crippen molar-refractivity contribution in [1.82, 2.24) is 4.98 Å². The molecule has 0 aromatic carbocycles. The fourth-order valence-electron chi connectivity index (χ4n) is 1.06. The second kappa shape index (κ2) is 4.79. The van der Waals surface area contributed by atoms with E-state index >= 15 is 0 Å². The third-order valence-corrected chi connectivity index (χ3v) is 3.13. The second-order valence-corrected chi connectivity index (χ2v) is 5.09. The van der Waals surface area contributed by atoms with Crippen LogP contribution in [-0.2, 0) is 0 Å². The number of aliphatic hydroxyl groups excluding tert-OH is 1. The Morgan fingerprint density at radius 2 is 2.33 bits per heavy atom. The predicted molar refractivity (Wildman–Crippen MR) is 61.2 cm³/mol. The van der Waals surface area contributed by atoms with E-state index in [-0.39, 0.29) is 17.3 Å². The zero-order valence-corrected chi connectivity index (χ0v) is 10.1. The molecule has 1 aromatic rings. The van der Waals surface area contributed by atoms with Gasteiger partial charge in [-0.3, -0.25) is 0 Å². The van der Waals surface area contributed by atoms with Gasteiger partial charge in [-0.2, -0.15) is 5.26 Å². The predicted octanol–water partition coefficient (Wildman–Crippen LogP) is 2.24. The first kappa shape index (κ1) is 12.2. The summed E-state index contributed by atoms with van der Waals surface area (Å²) in [6, 6.07) is 1.97. The summed E-state index contributed by atoms with van der Waals surface area (Å²) in [5.74, 6) is 0. The van der Waals surface area contributed by atoms with Crippen LogP contribution in [0, 0.1) is 11.3 Å². The lowest BCUT2D eigenvalue weighted by Gasteiger charge is -2.24. The van der Waals surface area contributed by atoms with E-state index in [4.69, 9.17) is 22.0 Å².